The van der Waals surface area contributed by atoms with Gasteiger partial charge in [-0.2, -0.15) is 5.10 Å². The van der Waals surface area contributed by atoms with Crippen LogP contribution in [0.15, 0.2) is 0 Å². The molecule has 1 aromatic rings. The molecule has 1 rings (SSSR count). The minimum Gasteiger partial charge on any atom is -0.324 e. The molecule has 4 heteroatoms. The molecule has 11 heavy (non-hydrogen) atoms. The number of nitrogens with two attached hydrogens (primary N) is 1. The third kappa shape index (κ3) is 1.39. The van der Waals surface area contributed by atoms with Gasteiger partial charge in [-0.3, -0.25) is 4.68 Å². The van der Waals surface area contributed by atoms with Crippen molar-refractivity contribution < 1.29 is 0 Å². The number of hydrogen-bond acceptors (Lipinski definition) is 2. The first-order valence-electron chi connectivity index (χ1n) is 3.48. The minimum atomic E-state index is -0.0452. The predicted molar refractivity (Wildman–Crippen MR) is 45.6 cm³/mol. The maximum Gasteiger partial charge on any atom is 0.131 e. The first-order chi connectivity index (χ1) is 5.04. The van der Waals surface area contributed by atoms with Crippen LogP contribution in [0.5, 0.6) is 0 Å². The molecule has 0 fully saturated rings. The van der Waals surface area contributed by atoms with Gasteiger partial charge in [-0.25, -0.2) is 0 Å². The van der Waals surface area contributed by atoms with Crippen LogP contribution in [0.1, 0.15) is 24.2 Å². The molecule has 3 nitrogen and oxygen atoms in total. The third-order valence-corrected chi connectivity index (χ3v) is 2.10. The van der Waals surface area contributed by atoms with Crippen molar-refractivity contribution in [2.24, 2.45) is 12.8 Å². The molecule has 0 spiro atoms. The highest BCUT2D eigenvalue weighted by molar-refractivity contribution is 6.30. The van der Waals surface area contributed by atoms with E-state index in [0.29, 0.717) is 5.15 Å². The van der Waals surface area contributed by atoms with E-state index in [1.807, 2.05) is 13.8 Å². The molecule has 0 saturated heterocycles. The zero-order valence-corrected chi connectivity index (χ0v) is 7.68. The standard InChI is InChI=1S/C7H12ClN3/c1-4(9)6-5(2)10-11(3)7(6)8/h4H,9H2,1-3H3/t4-/m1/s1. The van der Waals surface area contributed by atoms with E-state index < -0.39 is 0 Å². The monoisotopic (exact) mass is 173 g/mol. The lowest BCUT2D eigenvalue weighted by atomic mass is 10.1. The zero-order valence-electron chi connectivity index (χ0n) is 6.93. The van der Waals surface area contributed by atoms with Gasteiger partial charge in [0.2, 0.25) is 0 Å². The van der Waals surface area contributed by atoms with E-state index >= 15 is 0 Å². The highest BCUT2D eigenvalue weighted by Crippen LogP contribution is 2.23. The van der Waals surface area contributed by atoms with Crippen molar-refractivity contribution in [2.75, 3.05) is 0 Å². The van der Waals surface area contributed by atoms with Gasteiger partial charge in [-0.05, 0) is 13.8 Å². The Bertz CT molecular complexity index is 265. The van der Waals surface area contributed by atoms with Gasteiger partial charge in [0.05, 0.1) is 5.69 Å². The Morgan fingerprint density at radius 3 is 2.36 bits per heavy atom. The summed E-state index contributed by atoms with van der Waals surface area (Å²) >= 11 is 5.93. The Morgan fingerprint density at radius 2 is 2.18 bits per heavy atom. The Balaban J connectivity index is 3.22. The average molecular weight is 174 g/mol. The van der Waals surface area contributed by atoms with Crippen LogP contribution in [-0.2, 0) is 7.05 Å². The summed E-state index contributed by atoms with van der Waals surface area (Å²) in [6.07, 6.45) is 0. The number of rotatable bonds is 1. The summed E-state index contributed by atoms with van der Waals surface area (Å²) in [5.74, 6) is 0. The summed E-state index contributed by atoms with van der Waals surface area (Å²) in [5.41, 5.74) is 7.54. The van der Waals surface area contributed by atoms with Crippen LogP contribution in [0, 0.1) is 6.92 Å². The largest absolute Gasteiger partial charge is 0.324 e. The topological polar surface area (TPSA) is 43.8 Å². The normalized spacial score (nSPS) is 13.5. The van der Waals surface area contributed by atoms with Gasteiger partial charge in [0.15, 0.2) is 0 Å². The predicted octanol–water partition coefficient (Wildman–Crippen LogP) is 1.40. The van der Waals surface area contributed by atoms with Crippen molar-refractivity contribution in [3.05, 3.63) is 16.4 Å². The zero-order chi connectivity index (χ0) is 8.59. The Kier molecular flexibility index (Phi) is 2.20. The molecule has 0 aromatic carbocycles. The molecular weight excluding hydrogens is 162 g/mol. The number of halogens is 1. The summed E-state index contributed by atoms with van der Waals surface area (Å²) in [4.78, 5) is 0. The van der Waals surface area contributed by atoms with E-state index in [1.54, 1.807) is 11.7 Å². The molecule has 0 unspecified atom stereocenters. The molecule has 1 atom stereocenters. The van der Waals surface area contributed by atoms with Crippen LogP contribution >= 0.6 is 11.6 Å². The second-order valence-corrected chi connectivity index (χ2v) is 3.06. The van der Waals surface area contributed by atoms with Crippen LogP contribution in [0.25, 0.3) is 0 Å². The van der Waals surface area contributed by atoms with Crippen LogP contribution in [0.4, 0.5) is 0 Å². The second-order valence-electron chi connectivity index (χ2n) is 2.70. The quantitative estimate of drug-likeness (QED) is 0.698. The maximum absolute atomic E-state index is 5.93. The SMILES string of the molecule is Cc1nn(C)c(Cl)c1[C@@H](C)N. The number of nitrogens with zero attached hydrogens (tertiary/aromatic N) is 2. The maximum atomic E-state index is 5.93. The molecule has 0 aliphatic carbocycles. The summed E-state index contributed by atoms with van der Waals surface area (Å²) in [5, 5.41) is 4.77. The van der Waals surface area contributed by atoms with Crippen molar-refractivity contribution in [3.8, 4) is 0 Å². The summed E-state index contributed by atoms with van der Waals surface area (Å²) in [6, 6.07) is -0.0452. The van der Waals surface area contributed by atoms with Crippen LogP contribution < -0.4 is 5.73 Å². The molecule has 1 aromatic heterocycles. The smallest absolute Gasteiger partial charge is 0.131 e. The molecule has 62 valence electrons. The first kappa shape index (κ1) is 8.56. The van der Waals surface area contributed by atoms with E-state index in [9.17, 15) is 0 Å². The highest BCUT2D eigenvalue weighted by atomic mass is 35.5. The molecule has 0 saturated carbocycles. The second kappa shape index (κ2) is 2.83. The van der Waals surface area contributed by atoms with Crippen LogP contribution in [0.2, 0.25) is 5.15 Å². The fourth-order valence-corrected chi connectivity index (χ4v) is 1.51. The Morgan fingerprint density at radius 1 is 1.64 bits per heavy atom. The van der Waals surface area contributed by atoms with E-state index in [-0.39, 0.29) is 6.04 Å². The molecule has 1 heterocycles. The van der Waals surface area contributed by atoms with Crippen molar-refractivity contribution in [2.45, 2.75) is 19.9 Å². The van der Waals surface area contributed by atoms with E-state index in [4.69, 9.17) is 17.3 Å². The number of aryl methyl sites for hydroxylation is 2. The van der Waals surface area contributed by atoms with Crippen LogP contribution in [0.3, 0.4) is 0 Å². The lowest BCUT2D eigenvalue weighted by Crippen LogP contribution is -2.06. The minimum absolute atomic E-state index is 0.0452. The molecular formula is C7H12ClN3. The molecule has 0 bridgehead atoms. The molecule has 0 aliphatic heterocycles. The number of aromatic nitrogens is 2. The van der Waals surface area contributed by atoms with Gasteiger partial charge in [0, 0.05) is 18.7 Å². The number of hydrogen-bond donors (Lipinski definition) is 1. The lowest BCUT2D eigenvalue weighted by Gasteiger charge is -2.02. The molecule has 2 N–H and O–H groups in total. The Labute approximate surface area is 71.1 Å². The van der Waals surface area contributed by atoms with Gasteiger partial charge in [0.25, 0.3) is 0 Å². The fraction of sp³-hybridized carbons (Fsp3) is 0.571. The lowest BCUT2D eigenvalue weighted by molar-refractivity contribution is 0.756. The summed E-state index contributed by atoms with van der Waals surface area (Å²) in [7, 11) is 1.81. The summed E-state index contributed by atoms with van der Waals surface area (Å²) in [6.45, 7) is 3.81. The molecule has 0 amide bonds. The highest BCUT2D eigenvalue weighted by Gasteiger charge is 2.13. The average Bonchev–Trinajstić information content (AvgIpc) is 2.07. The first-order valence-corrected chi connectivity index (χ1v) is 3.86. The van der Waals surface area contributed by atoms with Crippen LogP contribution in [-0.4, -0.2) is 9.78 Å². The van der Waals surface area contributed by atoms with Gasteiger partial charge in [0.1, 0.15) is 5.15 Å². The van der Waals surface area contributed by atoms with Crippen molar-refractivity contribution in [3.63, 3.8) is 0 Å². The third-order valence-electron chi connectivity index (χ3n) is 1.65. The fourth-order valence-electron chi connectivity index (χ4n) is 1.16. The van der Waals surface area contributed by atoms with Gasteiger partial charge < -0.3 is 5.73 Å². The Hall–Kier alpha value is -0.540. The van der Waals surface area contributed by atoms with Gasteiger partial charge >= 0.3 is 0 Å². The molecule has 0 aliphatic rings. The summed E-state index contributed by atoms with van der Waals surface area (Å²) < 4.78 is 1.63. The van der Waals surface area contributed by atoms with Gasteiger partial charge in [-0.1, -0.05) is 11.6 Å². The van der Waals surface area contributed by atoms with Crippen molar-refractivity contribution in [1.29, 1.82) is 0 Å². The van der Waals surface area contributed by atoms with Gasteiger partial charge in [-0.15, -0.1) is 0 Å². The van der Waals surface area contributed by atoms with Crippen molar-refractivity contribution >= 4 is 11.6 Å². The molecule has 0 radical (unpaired) electrons. The van der Waals surface area contributed by atoms with E-state index in [1.165, 1.54) is 0 Å². The van der Waals surface area contributed by atoms with Crippen molar-refractivity contribution in [1.82, 2.24) is 9.78 Å². The van der Waals surface area contributed by atoms with E-state index in [0.717, 1.165) is 11.3 Å². The van der Waals surface area contributed by atoms with E-state index in [2.05, 4.69) is 5.10 Å².